The number of ether oxygens (including phenoxy) is 1. The standard InChI is InChI=1S/C34H37N3O5S/c1-26(2)35-34(39)31(23-27-15-7-4-8-16-27)36(24-28-17-9-5-10-18-28)33(38)25-37(30-21-13-14-22-32(30)42-3)43(40,41)29-19-11-6-12-20-29/h4-22,26,31H,23-25H2,1-3H3,(H,35,39)/t31-/m1/s1. The van der Waals surface area contributed by atoms with E-state index in [0.717, 1.165) is 15.4 Å². The highest BCUT2D eigenvalue weighted by Crippen LogP contribution is 2.32. The van der Waals surface area contributed by atoms with Gasteiger partial charge in [-0.3, -0.25) is 13.9 Å². The molecule has 1 atom stereocenters. The summed E-state index contributed by atoms with van der Waals surface area (Å²) in [5, 5.41) is 2.96. The Labute approximate surface area is 254 Å². The number of benzene rings is 4. The molecule has 0 aliphatic carbocycles. The van der Waals surface area contributed by atoms with Gasteiger partial charge in [-0.15, -0.1) is 0 Å². The number of hydrogen-bond acceptors (Lipinski definition) is 5. The topological polar surface area (TPSA) is 96.0 Å². The van der Waals surface area contributed by atoms with Gasteiger partial charge < -0.3 is 15.0 Å². The Hall–Kier alpha value is -4.63. The van der Waals surface area contributed by atoms with Crippen molar-refractivity contribution in [3.05, 3.63) is 126 Å². The zero-order valence-electron chi connectivity index (χ0n) is 24.6. The Balaban J connectivity index is 1.81. The minimum atomic E-state index is -4.21. The van der Waals surface area contributed by atoms with Crippen molar-refractivity contribution >= 4 is 27.5 Å². The Morgan fingerprint density at radius 1 is 0.767 bits per heavy atom. The van der Waals surface area contributed by atoms with Crippen LogP contribution in [0.4, 0.5) is 5.69 Å². The maximum Gasteiger partial charge on any atom is 0.264 e. The van der Waals surface area contributed by atoms with Crippen LogP contribution < -0.4 is 14.4 Å². The summed E-state index contributed by atoms with van der Waals surface area (Å²) in [4.78, 5) is 29.6. The van der Waals surface area contributed by atoms with Crippen LogP contribution in [0.1, 0.15) is 25.0 Å². The highest BCUT2D eigenvalue weighted by molar-refractivity contribution is 7.92. The molecule has 8 nitrogen and oxygen atoms in total. The van der Waals surface area contributed by atoms with E-state index in [2.05, 4.69) is 5.32 Å². The van der Waals surface area contributed by atoms with Crippen LogP contribution in [0.15, 0.2) is 120 Å². The van der Waals surface area contributed by atoms with Crippen molar-refractivity contribution in [1.82, 2.24) is 10.2 Å². The lowest BCUT2D eigenvalue weighted by Crippen LogP contribution is -2.54. The molecule has 0 spiro atoms. The largest absolute Gasteiger partial charge is 0.495 e. The highest BCUT2D eigenvalue weighted by Gasteiger charge is 2.35. The van der Waals surface area contributed by atoms with Crippen molar-refractivity contribution in [2.24, 2.45) is 0 Å². The van der Waals surface area contributed by atoms with Crippen LogP contribution in [-0.2, 0) is 32.6 Å². The van der Waals surface area contributed by atoms with E-state index in [1.165, 1.54) is 24.1 Å². The van der Waals surface area contributed by atoms with Gasteiger partial charge >= 0.3 is 0 Å². The number of amides is 2. The van der Waals surface area contributed by atoms with E-state index in [1.807, 2.05) is 74.5 Å². The van der Waals surface area contributed by atoms with E-state index in [9.17, 15) is 18.0 Å². The van der Waals surface area contributed by atoms with Gasteiger partial charge in [-0.1, -0.05) is 91.0 Å². The molecule has 1 N–H and O–H groups in total. The number of hydrogen-bond donors (Lipinski definition) is 1. The number of carbonyl (C=O) groups is 2. The maximum atomic E-state index is 14.4. The Bertz CT molecular complexity index is 1600. The highest BCUT2D eigenvalue weighted by atomic mass is 32.2. The first-order valence-corrected chi connectivity index (χ1v) is 15.5. The molecule has 0 fully saturated rings. The normalized spacial score (nSPS) is 11.9. The number of rotatable bonds is 13. The van der Waals surface area contributed by atoms with Crippen LogP contribution in [0.25, 0.3) is 0 Å². The minimum Gasteiger partial charge on any atom is -0.495 e. The van der Waals surface area contributed by atoms with Crippen molar-refractivity contribution in [3.63, 3.8) is 0 Å². The first-order chi connectivity index (χ1) is 20.7. The van der Waals surface area contributed by atoms with Gasteiger partial charge in [0.2, 0.25) is 11.8 Å². The minimum absolute atomic E-state index is 0.0294. The van der Waals surface area contributed by atoms with Crippen LogP contribution in [0, 0.1) is 0 Å². The lowest BCUT2D eigenvalue weighted by atomic mass is 10.0. The second-order valence-electron chi connectivity index (χ2n) is 10.4. The fourth-order valence-electron chi connectivity index (χ4n) is 4.78. The summed E-state index contributed by atoms with van der Waals surface area (Å²) in [6, 6.07) is 32.3. The summed E-state index contributed by atoms with van der Waals surface area (Å²) < 4.78 is 34.7. The number of carbonyl (C=O) groups excluding carboxylic acids is 2. The second-order valence-corrected chi connectivity index (χ2v) is 12.2. The molecule has 4 aromatic carbocycles. The Morgan fingerprint density at radius 3 is 1.88 bits per heavy atom. The first kappa shape index (κ1) is 31.3. The number of nitrogens with zero attached hydrogens (tertiary/aromatic N) is 2. The van der Waals surface area contributed by atoms with Crippen LogP contribution in [0.2, 0.25) is 0 Å². The fourth-order valence-corrected chi connectivity index (χ4v) is 6.23. The third kappa shape index (κ3) is 8.02. The molecule has 0 heterocycles. The van der Waals surface area contributed by atoms with Crippen LogP contribution >= 0.6 is 0 Å². The maximum absolute atomic E-state index is 14.4. The van der Waals surface area contributed by atoms with Crippen molar-refractivity contribution < 1.29 is 22.7 Å². The molecule has 9 heteroatoms. The Kier molecular flexibility index (Phi) is 10.6. The third-order valence-electron chi connectivity index (χ3n) is 6.86. The number of anilines is 1. The molecule has 0 unspecified atom stereocenters. The number of para-hydroxylation sites is 2. The predicted octanol–water partition coefficient (Wildman–Crippen LogP) is 5.06. The average molecular weight is 600 g/mol. The van der Waals surface area contributed by atoms with Gasteiger partial charge in [0.05, 0.1) is 17.7 Å². The van der Waals surface area contributed by atoms with E-state index < -0.39 is 28.5 Å². The summed E-state index contributed by atoms with van der Waals surface area (Å²) in [5.74, 6) is -0.560. The van der Waals surface area contributed by atoms with Crippen LogP contribution in [0.5, 0.6) is 5.75 Å². The van der Waals surface area contributed by atoms with Crippen LogP contribution in [0.3, 0.4) is 0 Å². The van der Waals surface area contributed by atoms with Gasteiger partial charge in [-0.25, -0.2) is 8.42 Å². The van der Waals surface area contributed by atoms with Crippen molar-refractivity contribution in [1.29, 1.82) is 0 Å². The number of methoxy groups -OCH3 is 1. The molecular weight excluding hydrogens is 562 g/mol. The van der Waals surface area contributed by atoms with E-state index in [1.54, 1.807) is 42.5 Å². The first-order valence-electron chi connectivity index (χ1n) is 14.1. The molecule has 0 aliphatic rings. The van der Waals surface area contributed by atoms with Gasteiger partial charge in [-0.2, -0.15) is 0 Å². The van der Waals surface area contributed by atoms with Gasteiger partial charge in [0.15, 0.2) is 0 Å². The predicted molar refractivity (Wildman–Crippen MR) is 168 cm³/mol. The van der Waals surface area contributed by atoms with Gasteiger partial charge in [0.1, 0.15) is 18.3 Å². The van der Waals surface area contributed by atoms with Gasteiger partial charge in [-0.05, 0) is 49.2 Å². The van der Waals surface area contributed by atoms with E-state index in [-0.39, 0.29) is 35.5 Å². The summed E-state index contributed by atoms with van der Waals surface area (Å²) in [6.45, 7) is 3.27. The SMILES string of the molecule is COc1ccccc1N(CC(=O)N(Cc1ccccc1)[C@H](Cc1ccccc1)C(=O)NC(C)C)S(=O)(=O)c1ccccc1. The molecular formula is C34H37N3O5S. The molecule has 224 valence electrons. The summed E-state index contributed by atoms with van der Waals surface area (Å²) in [7, 11) is -2.76. The molecule has 2 amide bonds. The summed E-state index contributed by atoms with van der Waals surface area (Å²) in [5.41, 5.74) is 1.89. The number of nitrogens with one attached hydrogen (secondary N) is 1. The average Bonchev–Trinajstić information content (AvgIpc) is 3.02. The molecule has 0 aliphatic heterocycles. The monoisotopic (exact) mass is 599 g/mol. The zero-order valence-corrected chi connectivity index (χ0v) is 25.4. The smallest absolute Gasteiger partial charge is 0.264 e. The molecule has 43 heavy (non-hydrogen) atoms. The van der Waals surface area contributed by atoms with Crippen molar-refractivity contribution in [2.75, 3.05) is 18.0 Å². The third-order valence-corrected chi connectivity index (χ3v) is 8.64. The van der Waals surface area contributed by atoms with E-state index in [0.29, 0.717) is 5.75 Å². The van der Waals surface area contributed by atoms with Gasteiger partial charge in [0.25, 0.3) is 10.0 Å². The molecule has 0 aromatic heterocycles. The lowest BCUT2D eigenvalue weighted by Gasteiger charge is -2.34. The molecule has 0 bridgehead atoms. The van der Waals surface area contributed by atoms with Crippen LogP contribution in [-0.4, -0.2) is 50.9 Å². The number of sulfonamides is 1. The molecule has 0 radical (unpaired) electrons. The lowest BCUT2D eigenvalue weighted by molar-refractivity contribution is -0.140. The fraction of sp³-hybridized carbons (Fsp3) is 0.235. The van der Waals surface area contributed by atoms with E-state index >= 15 is 0 Å². The van der Waals surface area contributed by atoms with E-state index in [4.69, 9.17) is 4.74 Å². The quantitative estimate of drug-likeness (QED) is 0.232. The molecule has 0 saturated carbocycles. The molecule has 4 rings (SSSR count). The molecule has 0 saturated heterocycles. The van der Waals surface area contributed by atoms with Crippen molar-refractivity contribution in [3.8, 4) is 5.75 Å². The zero-order chi connectivity index (χ0) is 30.8. The Morgan fingerprint density at radius 2 is 1.30 bits per heavy atom. The second kappa shape index (κ2) is 14.5. The summed E-state index contributed by atoms with van der Waals surface area (Å²) in [6.07, 6.45) is 0.248. The summed E-state index contributed by atoms with van der Waals surface area (Å²) >= 11 is 0. The molecule has 4 aromatic rings. The van der Waals surface area contributed by atoms with Gasteiger partial charge in [0, 0.05) is 19.0 Å². The van der Waals surface area contributed by atoms with Crippen molar-refractivity contribution in [2.45, 2.75) is 43.8 Å².